The lowest BCUT2D eigenvalue weighted by Crippen LogP contribution is -2.54. The van der Waals surface area contributed by atoms with Crippen LogP contribution < -0.4 is 11.1 Å². The summed E-state index contributed by atoms with van der Waals surface area (Å²) in [5, 5.41) is 10.2. The first-order valence-electron chi connectivity index (χ1n) is 5.49. The zero-order valence-corrected chi connectivity index (χ0v) is 9.82. The highest BCUT2D eigenvalue weighted by atomic mass is 16.5. The molecule has 2 amide bonds. The maximum absolute atomic E-state index is 11.8. The molecule has 92 valence electrons. The number of rotatable bonds is 3. The van der Waals surface area contributed by atoms with Crippen molar-refractivity contribution in [2.75, 3.05) is 26.3 Å². The van der Waals surface area contributed by atoms with Gasteiger partial charge in [0.15, 0.2) is 0 Å². The van der Waals surface area contributed by atoms with Crippen LogP contribution in [0.4, 0.5) is 4.79 Å². The zero-order chi connectivity index (χ0) is 12.1. The van der Waals surface area contributed by atoms with E-state index in [4.69, 9.17) is 15.9 Å². The van der Waals surface area contributed by atoms with Crippen molar-refractivity contribution in [3.8, 4) is 0 Å². The van der Waals surface area contributed by atoms with Gasteiger partial charge in [0.25, 0.3) is 0 Å². The third-order valence-electron chi connectivity index (χ3n) is 2.58. The van der Waals surface area contributed by atoms with E-state index in [1.807, 2.05) is 13.8 Å². The summed E-state index contributed by atoms with van der Waals surface area (Å²) < 4.78 is 5.16. The van der Waals surface area contributed by atoms with Gasteiger partial charge in [-0.3, -0.25) is 5.41 Å². The Morgan fingerprint density at radius 3 is 2.44 bits per heavy atom. The Labute approximate surface area is 95.6 Å². The molecule has 1 rings (SSSR count). The Kier molecular flexibility index (Phi) is 4.54. The lowest BCUT2D eigenvalue weighted by Gasteiger charge is -2.30. The van der Waals surface area contributed by atoms with Crippen molar-refractivity contribution in [3.05, 3.63) is 0 Å². The second-order valence-electron chi connectivity index (χ2n) is 4.23. The number of morpholine rings is 1. The monoisotopic (exact) mass is 228 g/mol. The molecule has 1 aliphatic heterocycles. The number of carbonyl (C=O) groups is 1. The van der Waals surface area contributed by atoms with E-state index in [-0.39, 0.29) is 17.8 Å². The summed E-state index contributed by atoms with van der Waals surface area (Å²) in [6.07, 6.45) is 0. The minimum absolute atomic E-state index is 0.00314. The summed E-state index contributed by atoms with van der Waals surface area (Å²) in [6, 6.07) is -0.562. The van der Waals surface area contributed by atoms with E-state index in [1.165, 1.54) is 0 Å². The van der Waals surface area contributed by atoms with E-state index in [1.54, 1.807) is 4.90 Å². The molecule has 0 aromatic heterocycles. The summed E-state index contributed by atoms with van der Waals surface area (Å²) in [6.45, 7) is 6.17. The number of urea groups is 1. The fraction of sp³-hybridized carbons (Fsp3) is 0.800. The molecule has 0 radical (unpaired) electrons. The Balaban J connectivity index is 2.50. The van der Waals surface area contributed by atoms with Gasteiger partial charge in [0.05, 0.1) is 19.3 Å². The van der Waals surface area contributed by atoms with Gasteiger partial charge in [0, 0.05) is 13.1 Å². The van der Waals surface area contributed by atoms with Crippen LogP contribution in [0, 0.1) is 11.3 Å². The first-order valence-corrected chi connectivity index (χ1v) is 5.49. The molecule has 0 aromatic rings. The summed E-state index contributed by atoms with van der Waals surface area (Å²) in [4.78, 5) is 13.5. The van der Waals surface area contributed by atoms with Crippen molar-refractivity contribution in [2.24, 2.45) is 11.7 Å². The molecule has 0 saturated carbocycles. The SMILES string of the molecule is CC(C)C(NC(=O)N1CCOCC1)C(=N)N. The van der Waals surface area contributed by atoms with Gasteiger partial charge >= 0.3 is 6.03 Å². The Morgan fingerprint density at radius 1 is 1.44 bits per heavy atom. The Hall–Kier alpha value is -1.30. The van der Waals surface area contributed by atoms with Crippen LogP contribution >= 0.6 is 0 Å². The minimum Gasteiger partial charge on any atom is -0.386 e. The number of nitrogens with one attached hydrogen (secondary N) is 2. The van der Waals surface area contributed by atoms with Crippen molar-refractivity contribution in [3.63, 3.8) is 0 Å². The molecule has 0 aromatic carbocycles. The summed E-state index contributed by atoms with van der Waals surface area (Å²) in [7, 11) is 0. The smallest absolute Gasteiger partial charge is 0.318 e. The second-order valence-corrected chi connectivity index (χ2v) is 4.23. The molecule has 1 aliphatic rings. The molecule has 16 heavy (non-hydrogen) atoms. The standard InChI is InChI=1S/C10H20N4O2/c1-7(2)8(9(11)12)13-10(15)14-3-5-16-6-4-14/h7-8H,3-6H2,1-2H3,(H3,11,12)(H,13,15). The van der Waals surface area contributed by atoms with Gasteiger partial charge < -0.3 is 20.7 Å². The first-order chi connectivity index (χ1) is 7.52. The maximum Gasteiger partial charge on any atom is 0.318 e. The average molecular weight is 228 g/mol. The number of carbonyl (C=O) groups excluding carboxylic acids is 1. The molecular formula is C10H20N4O2. The van der Waals surface area contributed by atoms with E-state index in [0.717, 1.165) is 0 Å². The zero-order valence-electron chi connectivity index (χ0n) is 9.82. The van der Waals surface area contributed by atoms with E-state index in [2.05, 4.69) is 5.32 Å². The van der Waals surface area contributed by atoms with Crippen LogP contribution in [-0.2, 0) is 4.74 Å². The molecule has 0 aliphatic carbocycles. The molecule has 1 heterocycles. The Morgan fingerprint density at radius 2 is 2.00 bits per heavy atom. The second kappa shape index (κ2) is 5.69. The summed E-state index contributed by atoms with van der Waals surface area (Å²) >= 11 is 0. The van der Waals surface area contributed by atoms with Crippen molar-refractivity contribution in [1.82, 2.24) is 10.2 Å². The molecule has 6 heteroatoms. The van der Waals surface area contributed by atoms with E-state index in [0.29, 0.717) is 26.3 Å². The molecule has 1 saturated heterocycles. The van der Waals surface area contributed by atoms with Crippen LogP contribution in [0.2, 0.25) is 0 Å². The van der Waals surface area contributed by atoms with Crippen LogP contribution in [0.1, 0.15) is 13.8 Å². The van der Waals surface area contributed by atoms with Crippen molar-refractivity contribution >= 4 is 11.9 Å². The van der Waals surface area contributed by atoms with Crippen LogP contribution in [0.15, 0.2) is 0 Å². The molecule has 1 unspecified atom stereocenters. The van der Waals surface area contributed by atoms with Gasteiger partial charge in [-0.25, -0.2) is 4.79 Å². The van der Waals surface area contributed by atoms with Crippen LogP contribution in [0.5, 0.6) is 0 Å². The van der Waals surface area contributed by atoms with Gasteiger partial charge in [-0.15, -0.1) is 0 Å². The largest absolute Gasteiger partial charge is 0.386 e. The van der Waals surface area contributed by atoms with Crippen molar-refractivity contribution in [2.45, 2.75) is 19.9 Å². The van der Waals surface area contributed by atoms with Gasteiger partial charge in [-0.2, -0.15) is 0 Å². The third-order valence-corrected chi connectivity index (χ3v) is 2.58. The van der Waals surface area contributed by atoms with E-state index < -0.39 is 6.04 Å². The minimum atomic E-state index is -0.393. The number of amidine groups is 1. The lowest BCUT2D eigenvalue weighted by atomic mass is 10.0. The van der Waals surface area contributed by atoms with Gasteiger partial charge in [0.1, 0.15) is 5.84 Å². The topological polar surface area (TPSA) is 91.4 Å². The van der Waals surface area contributed by atoms with Gasteiger partial charge in [-0.05, 0) is 5.92 Å². The number of hydrogen-bond donors (Lipinski definition) is 3. The van der Waals surface area contributed by atoms with Crippen molar-refractivity contribution < 1.29 is 9.53 Å². The molecule has 1 fully saturated rings. The fourth-order valence-corrected chi connectivity index (χ4v) is 1.59. The van der Waals surface area contributed by atoms with Crippen molar-refractivity contribution in [1.29, 1.82) is 5.41 Å². The predicted octanol–water partition coefficient (Wildman–Crippen LogP) is -0.0112. The number of hydrogen-bond acceptors (Lipinski definition) is 3. The number of ether oxygens (including phenoxy) is 1. The molecule has 0 bridgehead atoms. The van der Waals surface area contributed by atoms with Crippen LogP contribution in [0.25, 0.3) is 0 Å². The number of amides is 2. The Bertz CT molecular complexity index is 262. The molecular weight excluding hydrogens is 208 g/mol. The van der Waals surface area contributed by atoms with E-state index in [9.17, 15) is 4.79 Å². The van der Waals surface area contributed by atoms with Gasteiger partial charge in [-0.1, -0.05) is 13.8 Å². The molecule has 6 nitrogen and oxygen atoms in total. The highest BCUT2D eigenvalue weighted by Crippen LogP contribution is 2.03. The maximum atomic E-state index is 11.8. The van der Waals surface area contributed by atoms with Gasteiger partial charge in [0.2, 0.25) is 0 Å². The highest BCUT2D eigenvalue weighted by Gasteiger charge is 2.23. The van der Waals surface area contributed by atoms with E-state index >= 15 is 0 Å². The molecule has 4 N–H and O–H groups in total. The molecule has 1 atom stereocenters. The quantitative estimate of drug-likeness (QED) is 0.468. The van der Waals surface area contributed by atoms with Crippen LogP contribution in [0.3, 0.4) is 0 Å². The number of nitrogens with two attached hydrogens (primary N) is 1. The number of nitrogens with zero attached hydrogens (tertiary/aromatic N) is 1. The third kappa shape index (κ3) is 3.37. The summed E-state index contributed by atoms with van der Waals surface area (Å²) in [5.74, 6) is 0.110. The summed E-state index contributed by atoms with van der Waals surface area (Å²) in [5.41, 5.74) is 5.44. The predicted molar refractivity (Wildman–Crippen MR) is 61.5 cm³/mol. The first kappa shape index (κ1) is 12.8. The molecule has 0 spiro atoms. The average Bonchev–Trinajstić information content (AvgIpc) is 2.25. The van der Waals surface area contributed by atoms with Crippen LogP contribution in [-0.4, -0.2) is 49.1 Å². The highest BCUT2D eigenvalue weighted by molar-refractivity contribution is 5.87. The lowest BCUT2D eigenvalue weighted by molar-refractivity contribution is 0.0526. The fourth-order valence-electron chi connectivity index (χ4n) is 1.59. The normalized spacial score (nSPS) is 18.3.